The van der Waals surface area contributed by atoms with E-state index in [0.717, 1.165) is 11.8 Å². The fourth-order valence-electron chi connectivity index (χ4n) is 2.07. The lowest BCUT2D eigenvalue weighted by Gasteiger charge is -2.21. The lowest BCUT2D eigenvalue weighted by molar-refractivity contribution is 0.299. The van der Waals surface area contributed by atoms with Crippen molar-refractivity contribution < 1.29 is 8.78 Å². The number of nitrogens with two attached hydrogens (primary N) is 1. The molecule has 1 atom stereocenters. The van der Waals surface area contributed by atoms with Crippen molar-refractivity contribution >= 4 is 0 Å². The molecular formula is C15H17F2N3. The number of hydrogen-bond donors (Lipinski definition) is 1. The summed E-state index contributed by atoms with van der Waals surface area (Å²) >= 11 is 0. The van der Waals surface area contributed by atoms with Crippen LogP contribution < -0.4 is 5.73 Å². The second-order valence-electron chi connectivity index (χ2n) is 4.79. The number of rotatable bonds is 5. The summed E-state index contributed by atoms with van der Waals surface area (Å²) in [6.45, 7) is 1.08. The summed E-state index contributed by atoms with van der Waals surface area (Å²) in [4.78, 5) is 6.18. The number of hydrogen-bond acceptors (Lipinski definition) is 3. The summed E-state index contributed by atoms with van der Waals surface area (Å²) in [6.07, 6.45) is 1.72. The van der Waals surface area contributed by atoms with Crippen LogP contribution in [0.25, 0.3) is 0 Å². The Hall–Kier alpha value is -1.85. The van der Waals surface area contributed by atoms with Crippen molar-refractivity contribution in [2.75, 3.05) is 13.6 Å². The molecule has 0 aliphatic heterocycles. The highest BCUT2D eigenvalue weighted by Crippen LogP contribution is 2.17. The number of halogens is 2. The molecule has 2 rings (SSSR count). The van der Waals surface area contributed by atoms with Crippen LogP contribution in [0.15, 0.2) is 42.6 Å². The van der Waals surface area contributed by atoms with Crippen molar-refractivity contribution in [1.82, 2.24) is 9.88 Å². The van der Waals surface area contributed by atoms with Crippen LogP contribution >= 0.6 is 0 Å². The van der Waals surface area contributed by atoms with Crippen molar-refractivity contribution in [2.45, 2.75) is 12.6 Å². The number of benzene rings is 1. The maximum atomic E-state index is 13.6. The summed E-state index contributed by atoms with van der Waals surface area (Å²) in [5.41, 5.74) is 7.21. The van der Waals surface area contributed by atoms with Crippen molar-refractivity contribution in [2.24, 2.45) is 5.73 Å². The fraction of sp³-hybridized carbons (Fsp3) is 0.267. The number of nitrogens with zero attached hydrogens (tertiary/aromatic N) is 2. The molecule has 0 spiro atoms. The molecule has 0 bridgehead atoms. The first-order valence-electron chi connectivity index (χ1n) is 6.35. The van der Waals surface area contributed by atoms with E-state index in [9.17, 15) is 8.78 Å². The van der Waals surface area contributed by atoms with Crippen LogP contribution in [-0.2, 0) is 6.54 Å². The van der Waals surface area contributed by atoms with Gasteiger partial charge in [0.2, 0.25) is 0 Å². The van der Waals surface area contributed by atoms with Crippen LogP contribution in [0.2, 0.25) is 0 Å². The van der Waals surface area contributed by atoms with Gasteiger partial charge in [-0.05, 0) is 25.2 Å². The standard InChI is InChI=1S/C15H17F2N3/c1-20(9-12-4-2-3-7-19-12)10-15(18)13-6-5-11(16)8-14(13)17/h2-8,15H,9-10,18H2,1H3. The van der Waals surface area contributed by atoms with Gasteiger partial charge in [0.05, 0.1) is 5.69 Å². The lowest BCUT2D eigenvalue weighted by atomic mass is 10.1. The monoisotopic (exact) mass is 277 g/mol. The van der Waals surface area contributed by atoms with Crippen LogP contribution in [0, 0.1) is 11.6 Å². The molecule has 0 aliphatic rings. The van der Waals surface area contributed by atoms with E-state index in [1.54, 1.807) is 6.20 Å². The van der Waals surface area contributed by atoms with E-state index in [1.165, 1.54) is 12.1 Å². The van der Waals surface area contributed by atoms with Gasteiger partial charge in [0, 0.05) is 37.0 Å². The smallest absolute Gasteiger partial charge is 0.130 e. The van der Waals surface area contributed by atoms with E-state index in [0.29, 0.717) is 18.7 Å². The van der Waals surface area contributed by atoms with Gasteiger partial charge in [-0.15, -0.1) is 0 Å². The van der Waals surface area contributed by atoms with Crippen LogP contribution in [0.4, 0.5) is 8.78 Å². The number of aromatic nitrogens is 1. The highest BCUT2D eigenvalue weighted by molar-refractivity contribution is 5.22. The molecule has 1 unspecified atom stereocenters. The Kier molecular flexibility index (Phi) is 4.76. The lowest BCUT2D eigenvalue weighted by Crippen LogP contribution is -2.29. The van der Waals surface area contributed by atoms with E-state index in [2.05, 4.69) is 4.98 Å². The minimum Gasteiger partial charge on any atom is -0.323 e. The highest BCUT2D eigenvalue weighted by atomic mass is 19.1. The van der Waals surface area contributed by atoms with E-state index in [4.69, 9.17) is 5.73 Å². The van der Waals surface area contributed by atoms with Gasteiger partial charge >= 0.3 is 0 Å². The van der Waals surface area contributed by atoms with E-state index in [-0.39, 0.29) is 0 Å². The molecule has 0 fully saturated rings. The second-order valence-corrected chi connectivity index (χ2v) is 4.79. The minimum absolute atomic E-state index is 0.319. The molecule has 106 valence electrons. The molecule has 0 radical (unpaired) electrons. The van der Waals surface area contributed by atoms with E-state index >= 15 is 0 Å². The first-order valence-corrected chi connectivity index (χ1v) is 6.35. The molecule has 0 saturated carbocycles. The topological polar surface area (TPSA) is 42.2 Å². The second kappa shape index (κ2) is 6.54. The van der Waals surface area contributed by atoms with Gasteiger partial charge in [-0.2, -0.15) is 0 Å². The van der Waals surface area contributed by atoms with Gasteiger partial charge in [0.25, 0.3) is 0 Å². The Morgan fingerprint density at radius 2 is 2.05 bits per heavy atom. The summed E-state index contributed by atoms with van der Waals surface area (Å²) in [5.74, 6) is -1.20. The molecule has 5 heteroatoms. The average Bonchev–Trinajstić information content (AvgIpc) is 2.39. The van der Waals surface area contributed by atoms with Crippen LogP contribution in [0.1, 0.15) is 17.3 Å². The summed E-state index contributed by atoms with van der Waals surface area (Å²) in [5, 5.41) is 0. The molecule has 2 aromatic rings. The Bertz CT molecular complexity index is 560. The molecular weight excluding hydrogens is 260 g/mol. The van der Waals surface area contributed by atoms with Crippen LogP contribution in [0.3, 0.4) is 0 Å². The van der Waals surface area contributed by atoms with Gasteiger partial charge < -0.3 is 5.73 Å². The Labute approximate surface area is 117 Å². The van der Waals surface area contributed by atoms with Crippen molar-refractivity contribution in [3.8, 4) is 0 Å². The van der Waals surface area contributed by atoms with Crippen molar-refractivity contribution in [3.63, 3.8) is 0 Å². The van der Waals surface area contributed by atoms with Gasteiger partial charge in [0.1, 0.15) is 11.6 Å². The molecule has 1 aromatic heterocycles. The minimum atomic E-state index is -0.608. The normalized spacial score (nSPS) is 12.7. The molecule has 1 heterocycles. The maximum absolute atomic E-state index is 13.6. The first-order chi connectivity index (χ1) is 9.56. The molecule has 0 amide bonds. The van der Waals surface area contributed by atoms with Crippen molar-refractivity contribution in [1.29, 1.82) is 0 Å². The third-order valence-corrected chi connectivity index (χ3v) is 3.03. The van der Waals surface area contributed by atoms with Crippen molar-refractivity contribution in [3.05, 3.63) is 65.5 Å². The largest absolute Gasteiger partial charge is 0.323 e. The molecule has 20 heavy (non-hydrogen) atoms. The Morgan fingerprint density at radius 1 is 1.25 bits per heavy atom. The van der Waals surface area contributed by atoms with Gasteiger partial charge in [-0.3, -0.25) is 9.88 Å². The molecule has 0 saturated heterocycles. The third kappa shape index (κ3) is 3.82. The quantitative estimate of drug-likeness (QED) is 0.913. The number of likely N-dealkylation sites (N-methyl/N-ethyl adjacent to an activating group) is 1. The Morgan fingerprint density at radius 3 is 2.70 bits per heavy atom. The zero-order valence-electron chi connectivity index (χ0n) is 11.3. The molecule has 3 nitrogen and oxygen atoms in total. The maximum Gasteiger partial charge on any atom is 0.130 e. The summed E-state index contributed by atoms with van der Waals surface area (Å²) in [7, 11) is 1.88. The Balaban J connectivity index is 1.98. The summed E-state index contributed by atoms with van der Waals surface area (Å²) in [6, 6.07) is 8.64. The number of pyridine rings is 1. The highest BCUT2D eigenvalue weighted by Gasteiger charge is 2.14. The zero-order chi connectivity index (χ0) is 14.5. The third-order valence-electron chi connectivity index (χ3n) is 3.03. The van der Waals surface area contributed by atoms with Crippen LogP contribution in [-0.4, -0.2) is 23.5 Å². The molecule has 2 N–H and O–H groups in total. The van der Waals surface area contributed by atoms with E-state index < -0.39 is 17.7 Å². The zero-order valence-corrected chi connectivity index (χ0v) is 11.3. The van der Waals surface area contributed by atoms with Crippen LogP contribution in [0.5, 0.6) is 0 Å². The van der Waals surface area contributed by atoms with E-state index in [1.807, 2.05) is 30.1 Å². The molecule has 0 aliphatic carbocycles. The first kappa shape index (κ1) is 14.6. The average molecular weight is 277 g/mol. The predicted molar refractivity (Wildman–Crippen MR) is 73.9 cm³/mol. The SMILES string of the molecule is CN(Cc1ccccn1)CC(N)c1ccc(F)cc1F. The summed E-state index contributed by atoms with van der Waals surface area (Å²) < 4.78 is 26.5. The predicted octanol–water partition coefficient (Wildman–Crippen LogP) is 2.49. The van der Waals surface area contributed by atoms with Gasteiger partial charge in [-0.25, -0.2) is 8.78 Å². The fourth-order valence-corrected chi connectivity index (χ4v) is 2.07. The van der Waals surface area contributed by atoms with Gasteiger partial charge in [0.15, 0.2) is 0 Å². The van der Waals surface area contributed by atoms with Gasteiger partial charge in [-0.1, -0.05) is 12.1 Å². The molecule has 1 aromatic carbocycles.